The Morgan fingerprint density at radius 1 is 1.50 bits per heavy atom. The third kappa shape index (κ3) is 3.31. The van der Waals surface area contributed by atoms with Gasteiger partial charge in [-0.05, 0) is 18.1 Å². The van der Waals surface area contributed by atoms with E-state index >= 15 is 0 Å². The molecule has 0 bridgehead atoms. The van der Waals surface area contributed by atoms with Gasteiger partial charge in [0.2, 0.25) is 0 Å². The van der Waals surface area contributed by atoms with Crippen LogP contribution >= 0.6 is 0 Å². The molecule has 1 aromatic rings. The average molecular weight is 225 g/mol. The molecule has 88 valence electrons. The highest BCUT2D eigenvalue weighted by molar-refractivity contribution is 5.78. The molecule has 4 heteroatoms. The number of carboxylic acid groups (broad SMARTS) is 1. The molecule has 3 N–H and O–H groups in total. The number of halogens is 1. The summed E-state index contributed by atoms with van der Waals surface area (Å²) < 4.78 is 12.2. The molecule has 0 amide bonds. The molecule has 16 heavy (non-hydrogen) atoms. The van der Waals surface area contributed by atoms with Crippen molar-refractivity contribution < 1.29 is 14.3 Å². The van der Waals surface area contributed by atoms with Crippen molar-refractivity contribution in [2.45, 2.75) is 25.3 Å². The highest BCUT2D eigenvalue weighted by Crippen LogP contribution is 2.13. The number of carbonyl (C=O) groups is 1. The summed E-state index contributed by atoms with van der Waals surface area (Å²) in [7, 11) is 0. The van der Waals surface area contributed by atoms with Gasteiger partial charge >= 0.3 is 5.97 Å². The molecule has 0 aliphatic rings. The standard InChI is InChI=1S/C12H16FNO2/c1-12(14,11(15)16)8-10-4-2-3-9(7-10)5-6-13/h2-4,7H,5-6,8,14H2,1H3,(H,15,16)/t12-/m0/s1. The van der Waals surface area contributed by atoms with Gasteiger partial charge in [0.1, 0.15) is 5.54 Å². The van der Waals surface area contributed by atoms with E-state index in [0.717, 1.165) is 11.1 Å². The molecule has 1 atom stereocenters. The lowest BCUT2D eigenvalue weighted by atomic mass is 9.93. The second-order valence-electron chi connectivity index (χ2n) is 4.16. The van der Waals surface area contributed by atoms with E-state index in [-0.39, 0.29) is 6.42 Å². The number of benzene rings is 1. The van der Waals surface area contributed by atoms with E-state index < -0.39 is 18.2 Å². The minimum atomic E-state index is -1.28. The second-order valence-corrected chi connectivity index (χ2v) is 4.16. The van der Waals surface area contributed by atoms with Gasteiger partial charge in [-0.3, -0.25) is 9.18 Å². The van der Waals surface area contributed by atoms with Crippen molar-refractivity contribution in [3.05, 3.63) is 35.4 Å². The maximum Gasteiger partial charge on any atom is 0.323 e. The smallest absolute Gasteiger partial charge is 0.323 e. The lowest BCUT2D eigenvalue weighted by Crippen LogP contribution is -2.46. The van der Waals surface area contributed by atoms with Crippen LogP contribution in [-0.2, 0) is 17.6 Å². The molecular formula is C12H16FNO2. The van der Waals surface area contributed by atoms with E-state index in [1.807, 2.05) is 6.07 Å². The van der Waals surface area contributed by atoms with Gasteiger partial charge in [0.05, 0.1) is 6.67 Å². The number of aryl methyl sites for hydroxylation is 1. The summed E-state index contributed by atoms with van der Waals surface area (Å²) in [4.78, 5) is 10.9. The van der Waals surface area contributed by atoms with Crippen LogP contribution in [-0.4, -0.2) is 23.3 Å². The summed E-state index contributed by atoms with van der Waals surface area (Å²) in [5.41, 5.74) is 6.04. The van der Waals surface area contributed by atoms with Crippen molar-refractivity contribution in [1.29, 1.82) is 0 Å². The topological polar surface area (TPSA) is 63.3 Å². The third-order valence-corrected chi connectivity index (χ3v) is 2.43. The maximum atomic E-state index is 12.2. The highest BCUT2D eigenvalue weighted by Gasteiger charge is 2.27. The van der Waals surface area contributed by atoms with Crippen LogP contribution in [0.4, 0.5) is 4.39 Å². The van der Waals surface area contributed by atoms with Crippen molar-refractivity contribution in [2.24, 2.45) is 5.73 Å². The molecule has 0 aliphatic carbocycles. The van der Waals surface area contributed by atoms with Gasteiger partial charge in [0.15, 0.2) is 0 Å². The molecule has 0 saturated carbocycles. The van der Waals surface area contributed by atoms with Crippen LogP contribution in [0.1, 0.15) is 18.1 Å². The number of rotatable bonds is 5. The number of nitrogens with two attached hydrogens (primary N) is 1. The van der Waals surface area contributed by atoms with E-state index in [1.54, 1.807) is 18.2 Å². The van der Waals surface area contributed by atoms with Gasteiger partial charge < -0.3 is 10.8 Å². The predicted molar refractivity (Wildman–Crippen MR) is 60.1 cm³/mol. The van der Waals surface area contributed by atoms with Gasteiger partial charge in [-0.1, -0.05) is 24.3 Å². The van der Waals surface area contributed by atoms with E-state index in [1.165, 1.54) is 6.92 Å². The Kier molecular flexibility index (Phi) is 4.01. The summed E-state index contributed by atoms with van der Waals surface area (Å²) in [6.07, 6.45) is 0.588. The maximum absolute atomic E-state index is 12.2. The number of alkyl halides is 1. The summed E-state index contributed by atoms with van der Waals surface area (Å²) in [5, 5.41) is 8.89. The highest BCUT2D eigenvalue weighted by atomic mass is 19.1. The van der Waals surface area contributed by atoms with Gasteiger partial charge in [0, 0.05) is 12.8 Å². The zero-order valence-corrected chi connectivity index (χ0v) is 9.24. The van der Waals surface area contributed by atoms with E-state index in [9.17, 15) is 9.18 Å². The van der Waals surface area contributed by atoms with Gasteiger partial charge in [0.25, 0.3) is 0 Å². The molecule has 0 fully saturated rings. The molecule has 1 aromatic carbocycles. The molecular weight excluding hydrogens is 209 g/mol. The van der Waals surface area contributed by atoms with Crippen LogP contribution in [0.15, 0.2) is 24.3 Å². The Morgan fingerprint density at radius 2 is 2.12 bits per heavy atom. The largest absolute Gasteiger partial charge is 0.480 e. The number of hydrogen-bond donors (Lipinski definition) is 2. The van der Waals surface area contributed by atoms with Gasteiger partial charge in [-0.2, -0.15) is 0 Å². The van der Waals surface area contributed by atoms with Crippen LogP contribution in [0, 0.1) is 0 Å². The quantitative estimate of drug-likeness (QED) is 0.799. The molecule has 0 unspecified atom stereocenters. The molecule has 1 rings (SSSR count). The van der Waals surface area contributed by atoms with Crippen molar-refractivity contribution in [1.82, 2.24) is 0 Å². The molecule has 0 radical (unpaired) electrons. The van der Waals surface area contributed by atoms with Crippen molar-refractivity contribution in [2.75, 3.05) is 6.67 Å². The summed E-state index contributed by atoms with van der Waals surface area (Å²) in [6.45, 7) is 1.05. The van der Waals surface area contributed by atoms with Crippen LogP contribution in [0.5, 0.6) is 0 Å². The first-order valence-electron chi connectivity index (χ1n) is 5.12. The number of carboxylic acids is 1. The lowest BCUT2D eigenvalue weighted by molar-refractivity contribution is -0.142. The Morgan fingerprint density at radius 3 is 2.69 bits per heavy atom. The fraction of sp³-hybridized carbons (Fsp3) is 0.417. The first kappa shape index (κ1) is 12.6. The first-order valence-corrected chi connectivity index (χ1v) is 5.12. The molecule has 0 spiro atoms. The van der Waals surface area contributed by atoms with Crippen LogP contribution < -0.4 is 5.73 Å². The normalized spacial score (nSPS) is 14.4. The summed E-state index contributed by atoms with van der Waals surface area (Å²) >= 11 is 0. The van der Waals surface area contributed by atoms with Gasteiger partial charge in [-0.15, -0.1) is 0 Å². The molecule has 3 nitrogen and oxygen atoms in total. The van der Waals surface area contributed by atoms with Gasteiger partial charge in [-0.25, -0.2) is 0 Å². The minimum Gasteiger partial charge on any atom is -0.480 e. The first-order chi connectivity index (χ1) is 7.45. The van der Waals surface area contributed by atoms with Crippen molar-refractivity contribution in [3.63, 3.8) is 0 Å². The molecule has 0 aliphatic heterocycles. The fourth-order valence-electron chi connectivity index (χ4n) is 1.50. The van der Waals surface area contributed by atoms with E-state index in [4.69, 9.17) is 10.8 Å². The van der Waals surface area contributed by atoms with Crippen LogP contribution in [0.3, 0.4) is 0 Å². The lowest BCUT2D eigenvalue weighted by Gasteiger charge is -2.19. The SMILES string of the molecule is C[C@](N)(Cc1cccc(CCF)c1)C(=O)O. The Labute approximate surface area is 94.1 Å². The van der Waals surface area contributed by atoms with Crippen molar-refractivity contribution >= 4 is 5.97 Å². The predicted octanol–water partition coefficient (Wildman–Crippen LogP) is 1.54. The van der Waals surface area contributed by atoms with Crippen LogP contribution in [0.25, 0.3) is 0 Å². The average Bonchev–Trinajstić information content (AvgIpc) is 2.17. The zero-order chi connectivity index (χ0) is 12.2. The van der Waals surface area contributed by atoms with Crippen LogP contribution in [0.2, 0.25) is 0 Å². The third-order valence-electron chi connectivity index (χ3n) is 2.43. The van der Waals surface area contributed by atoms with E-state index in [0.29, 0.717) is 6.42 Å². The fourth-order valence-corrected chi connectivity index (χ4v) is 1.50. The Balaban J connectivity index is 2.81. The summed E-state index contributed by atoms with van der Waals surface area (Å²) in [6, 6.07) is 7.21. The summed E-state index contributed by atoms with van der Waals surface area (Å²) in [5.74, 6) is -1.04. The molecule has 0 heterocycles. The minimum absolute atomic E-state index is 0.239. The Hall–Kier alpha value is -1.42. The Bertz CT molecular complexity index is 377. The van der Waals surface area contributed by atoms with E-state index in [2.05, 4.69) is 0 Å². The molecule has 0 saturated heterocycles. The number of aliphatic carboxylic acids is 1. The monoisotopic (exact) mass is 225 g/mol. The molecule has 0 aromatic heterocycles. The number of hydrogen-bond acceptors (Lipinski definition) is 2. The zero-order valence-electron chi connectivity index (χ0n) is 9.24. The second kappa shape index (κ2) is 5.07. The van der Waals surface area contributed by atoms with Crippen molar-refractivity contribution in [3.8, 4) is 0 Å².